The topological polar surface area (TPSA) is 53.6 Å². The summed E-state index contributed by atoms with van der Waals surface area (Å²) in [5.41, 5.74) is 3.75. The number of nitrogens with one attached hydrogen (secondary N) is 2. The maximum absolute atomic E-state index is 4.58. The number of hydrogen-bond donors (Lipinski definition) is 2. The van der Waals surface area contributed by atoms with Crippen molar-refractivity contribution in [3.8, 4) is 0 Å². The number of hydrogen-bond acceptors (Lipinski definition) is 3. The highest BCUT2D eigenvalue weighted by molar-refractivity contribution is 8.93. The van der Waals surface area contributed by atoms with Crippen LogP contribution >= 0.6 is 17.0 Å². The fourth-order valence-corrected chi connectivity index (χ4v) is 2.33. The van der Waals surface area contributed by atoms with Crippen LogP contribution in [0.25, 0.3) is 22.1 Å². The molecule has 5 heteroatoms. The molecule has 0 amide bonds. The van der Waals surface area contributed by atoms with E-state index in [-0.39, 0.29) is 17.0 Å². The smallest absolute Gasteiger partial charge is 0.159 e. The Bertz CT molecular complexity index is 886. The highest BCUT2D eigenvalue weighted by atomic mass is 79.9. The van der Waals surface area contributed by atoms with Gasteiger partial charge in [-0.15, -0.1) is 17.0 Å². The third-order valence-corrected chi connectivity index (χ3v) is 3.25. The standard InChI is InChI=1S/C16H12N4.BrH/c1-2-6-11(7-3-1)18-14-10-17-15-12-8-4-5-9-13(12)19-16(15)20-14;/h1-10H,(H2,18,19,20);1H. The molecule has 0 saturated heterocycles. The van der Waals surface area contributed by atoms with Crippen molar-refractivity contribution in [1.29, 1.82) is 0 Å². The van der Waals surface area contributed by atoms with Gasteiger partial charge in [0.15, 0.2) is 11.5 Å². The molecule has 104 valence electrons. The Hall–Kier alpha value is -2.40. The van der Waals surface area contributed by atoms with E-state index in [4.69, 9.17) is 0 Å². The van der Waals surface area contributed by atoms with Gasteiger partial charge in [0.1, 0.15) is 5.52 Å². The van der Waals surface area contributed by atoms with Gasteiger partial charge >= 0.3 is 0 Å². The largest absolute Gasteiger partial charge is 0.339 e. The number of rotatable bonds is 2. The zero-order valence-electron chi connectivity index (χ0n) is 11.1. The summed E-state index contributed by atoms with van der Waals surface area (Å²) in [6, 6.07) is 18.0. The van der Waals surface area contributed by atoms with Crippen LogP contribution in [0.2, 0.25) is 0 Å². The summed E-state index contributed by atoms with van der Waals surface area (Å²) < 4.78 is 0. The summed E-state index contributed by atoms with van der Waals surface area (Å²) in [7, 11) is 0. The Morgan fingerprint density at radius 2 is 1.67 bits per heavy atom. The van der Waals surface area contributed by atoms with Crippen LogP contribution in [-0.4, -0.2) is 15.0 Å². The molecule has 21 heavy (non-hydrogen) atoms. The van der Waals surface area contributed by atoms with Crippen LogP contribution in [0.5, 0.6) is 0 Å². The average molecular weight is 341 g/mol. The first-order valence-electron chi connectivity index (χ1n) is 6.46. The molecule has 2 heterocycles. The number of anilines is 2. The van der Waals surface area contributed by atoms with Gasteiger partial charge in [0.2, 0.25) is 0 Å². The van der Waals surface area contributed by atoms with Gasteiger partial charge in [0.05, 0.1) is 6.20 Å². The van der Waals surface area contributed by atoms with Crippen molar-refractivity contribution in [2.45, 2.75) is 0 Å². The number of halogens is 1. The molecule has 2 aromatic carbocycles. The molecule has 0 aliphatic rings. The maximum atomic E-state index is 4.58. The Kier molecular flexibility index (Phi) is 3.58. The number of para-hydroxylation sites is 2. The molecule has 2 aromatic heterocycles. The van der Waals surface area contributed by atoms with E-state index in [0.717, 1.165) is 33.6 Å². The molecular weight excluding hydrogens is 328 g/mol. The molecule has 0 atom stereocenters. The molecule has 0 spiro atoms. The molecule has 0 unspecified atom stereocenters. The SMILES string of the molecule is Br.c1ccc(Nc2cnc3c(n2)[nH]c2ccccc23)cc1. The minimum atomic E-state index is 0. The van der Waals surface area contributed by atoms with Crippen molar-refractivity contribution in [3.05, 3.63) is 60.8 Å². The normalized spacial score (nSPS) is 10.5. The van der Waals surface area contributed by atoms with Crippen LogP contribution < -0.4 is 5.32 Å². The first-order chi connectivity index (χ1) is 9.90. The lowest BCUT2D eigenvalue weighted by molar-refractivity contribution is 1.26. The summed E-state index contributed by atoms with van der Waals surface area (Å²) in [6.45, 7) is 0. The highest BCUT2D eigenvalue weighted by Gasteiger charge is 2.07. The van der Waals surface area contributed by atoms with Gasteiger partial charge in [-0.05, 0) is 18.2 Å². The van der Waals surface area contributed by atoms with Gasteiger partial charge in [-0.2, -0.15) is 0 Å². The fourth-order valence-electron chi connectivity index (χ4n) is 2.33. The van der Waals surface area contributed by atoms with Crippen molar-refractivity contribution in [2.75, 3.05) is 5.32 Å². The molecule has 0 aliphatic heterocycles. The summed E-state index contributed by atoms with van der Waals surface area (Å²) >= 11 is 0. The average Bonchev–Trinajstić information content (AvgIpc) is 2.86. The van der Waals surface area contributed by atoms with Crippen LogP contribution in [-0.2, 0) is 0 Å². The highest BCUT2D eigenvalue weighted by Crippen LogP contribution is 2.23. The lowest BCUT2D eigenvalue weighted by atomic mass is 10.2. The maximum Gasteiger partial charge on any atom is 0.159 e. The van der Waals surface area contributed by atoms with Crippen molar-refractivity contribution < 1.29 is 0 Å². The van der Waals surface area contributed by atoms with Crippen molar-refractivity contribution in [2.24, 2.45) is 0 Å². The second kappa shape index (κ2) is 5.54. The second-order valence-electron chi connectivity index (χ2n) is 4.61. The number of nitrogens with zero attached hydrogens (tertiary/aromatic N) is 2. The first-order valence-corrected chi connectivity index (χ1v) is 6.46. The molecule has 2 N–H and O–H groups in total. The fraction of sp³-hybridized carbons (Fsp3) is 0. The minimum Gasteiger partial charge on any atom is -0.339 e. The number of H-pyrrole nitrogens is 1. The van der Waals surface area contributed by atoms with Crippen LogP contribution in [0.15, 0.2) is 60.8 Å². The minimum absolute atomic E-state index is 0. The zero-order valence-corrected chi connectivity index (χ0v) is 12.8. The summed E-state index contributed by atoms with van der Waals surface area (Å²) in [5.74, 6) is 0.732. The molecule has 0 bridgehead atoms. The van der Waals surface area contributed by atoms with Crippen molar-refractivity contribution in [1.82, 2.24) is 15.0 Å². The monoisotopic (exact) mass is 340 g/mol. The Balaban J connectivity index is 0.00000132. The van der Waals surface area contributed by atoms with E-state index >= 15 is 0 Å². The number of aromatic amines is 1. The van der Waals surface area contributed by atoms with Gasteiger partial charge < -0.3 is 10.3 Å². The Labute approximate surface area is 132 Å². The third kappa shape index (κ3) is 2.48. The van der Waals surface area contributed by atoms with Crippen molar-refractivity contribution >= 4 is 50.6 Å². The predicted octanol–water partition coefficient (Wildman–Crippen LogP) is 4.43. The predicted molar refractivity (Wildman–Crippen MR) is 91.4 cm³/mol. The van der Waals surface area contributed by atoms with E-state index in [1.807, 2.05) is 54.6 Å². The Morgan fingerprint density at radius 1 is 0.905 bits per heavy atom. The van der Waals surface area contributed by atoms with E-state index in [1.54, 1.807) is 6.20 Å². The number of aromatic nitrogens is 3. The van der Waals surface area contributed by atoms with Crippen LogP contribution in [0.4, 0.5) is 11.5 Å². The quantitative estimate of drug-likeness (QED) is 0.567. The van der Waals surface area contributed by atoms with E-state index in [2.05, 4.69) is 20.3 Å². The molecular formula is C16H13BrN4. The lowest BCUT2D eigenvalue weighted by Crippen LogP contribution is -1.94. The van der Waals surface area contributed by atoms with Crippen LogP contribution in [0.1, 0.15) is 0 Å². The molecule has 0 fully saturated rings. The van der Waals surface area contributed by atoms with Crippen LogP contribution in [0, 0.1) is 0 Å². The van der Waals surface area contributed by atoms with Gasteiger partial charge in [0.25, 0.3) is 0 Å². The van der Waals surface area contributed by atoms with E-state index in [9.17, 15) is 0 Å². The second-order valence-corrected chi connectivity index (χ2v) is 4.61. The molecule has 4 rings (SSSR count). The molecule has 4 nitrogen and oxygen atoms in total. The van der Waals surface area contributed by atoms with Crippen LogP contribution in [0.3, 0.4) is 0 Å². The summed E-state index contributed by atoms with van der Waals surface area (Å²) in [6.07, 6.45) is 1.76. The summed E-state index contributed by atoms with van der Waals surface area (Å²) in [5, 5.41) is 4.35. The zero-order chi connectivity index (χ0) is 13.4. The number of fused-ring (bicyclic) bond motifs is 3. The van der Waals surface area contributed by atoms with Gasteiger partial charge in [0, 0.05) is 16.6 Å². The molecule has 4 aromatic rings. The van der Waals surface area contributed by atoms with E-state index in [0.29, 0.717) is 0 Å². The third-order valence-electron chi connectivity index (χ3n) is 3.25. The van der Waals surface area contributed by atoms with E-state index in [1.165, 1.54) is 0 Å². The first kappa shape index (κ1) is 13.6. The van der Waals surface area contributed by atoms with E-state index < -0.39 is 0 Å². The number of benzene rings is 2. The molecule has 0 radical (unpaired) electrons. The molecule has 0 aliphatic carbocycles. The van der Waals surface area contributed by atoms with Gasteiger partial charge in [-0.3, -0.25) is 0 Å². The lowest BCUT2D eigenvalue weighted by Gasteiger charge is -2.04. The van der Waals surface area contributed by atoms with Crippen molar-refractivity contribution in [3.63, 3.8) is 0 Å². The summed E-state index contributed by atoms with van der Waals surface area (Å²) in [4.78, 5) is 12.4. The molecule has 0 saturated carbocycles. The van der Waals surface area contributed by atoms with Gasteiger partial charge in [-0.1, -0.05) is 36.4 Å². The Morgan fingerprint density at radius 3 is 2.52 bits per heavy atom. The van der Waals surface area contributed by atoms with Gasteiger partial charge in [-0.25, -0.2) is 9.97 Å².